The molecule has 0 aliphatic carbocycles. The van der Waals surface area contributed by atoms with Crippen molar-refractivity contribution in [3.8, 4) is 0 Å². The first-order valence-corrected chi connectivity index (χ1v) is 7.77. The molecule has 5 heteroatoms. The minimum absolute atomic E-state index is 0.108. The van der Waals surface area contributed by atoms with Gasteiger partial charge in [0.1, 0.15) is 0 Å². The molecule has 1 N–H and O–H groups in total. The molecule has 0 spiro atoms. The van der Waals surface area contributed by atoms with Gasteiger partial charge >= 0.3 is 0 Å². The average Bonchev–Trinajstić information content (AvgIpc) is 2.58. The molecular formula is C13H12BrCl2NS. The molecule has 0 aliphatic heterocycles. The van der Waals surface area contributed by atoms with E-state index in [1.165, 1.54) is 9.75 Å². The highest BCUT2D eigenvalue weighted by Crippen LogP contribution is 2.35. The summed E-state index contributed by atoms with van der Waals surface area (Å²) in [4.78, 5) is 2.50. The summed E-state index contributed by atoms with van der Waals surface area (Å²) in [6.45, 7) is 2.09. The summed E-state index contributed by atoms with van der Waals surface area (Å²) in [5.41, 5.74) is 1.07. The number of halogens is 3. The maximum Gasteiger partial charge on any atom is 0.0670 e. The lowest BCUT2D eigenvalue weighted by Gasteiger charge is -2.15. The van der Waals surface area contributed by atoms with Gasteiger partial charge in [0.25, 0.3) is 0 Å². The smallest absolute Gasteiger partial charge is 0.0670 e. The second-order valence-corrected chi connectivity index (χ2v) is 6.99. The van der Waals surface area contributed by atoms with Crippen LogP contribution in [0.25, 0.3) is 0 Å². The third kappa shape index (κ3) is 3.09. The van der Waals surface area contributed by atoms with Crippen LogP contribution in [-0.4, -0.2) is 7.05 Å². The van der Waals surface area contributed by atoms with Gasteiger partial charge in [-0.2, -0.15) is 0 Å². The molecule has 0 amide bonds. The van der Waals surface area contributed by atoms with Crippen LogP contribution in [0.5, 0.6) is 0 Å². The summed E-state index contributed by atoms with van der Waals surface area (Å²) in [7, 11) is 1.93. The molecule has 2 aromatic rings. The van der Waals surface area contributed by atoms with Crippen LogP contribution >= 0.6 is 50.5 Å². The molecule has 0 fully saturated rings. The zero-order valence-electron chi connectivity index (χ0n) is 9.93. The van der Waals surface area contributed by atoms with Crippen molar-refractivity contribution >= 4 is 50.5 Å². The van der Waals surface area contributed by atoms with Gasteiger partial charge in [-0.1, -0.05) is 23.2 Å². The maximum absolute atomic E-state index is 6.06. The molecule has 1 unspecified atom stereocenters. The Morgan fingerprint density at radius 1 is 1.17 bits per heavy atom. The minimum atomic E-state index is 0.108. The zero-order chi connectivity index (χ0) is 13.3. The molecule has 0 bridgehead atoms. The van der Waals surface area contributed by atoms with E-state index in [0.29, 0.717) is 10.0 Å². The molecule has 1 nitrogen and oxygen atoms in total. The molecule has 96 valence electrons. The van der Waals surface area contributed by atoms with Crippen molar-refractivity contribution < 1.29 is 0 Å². The molecule has 0 radical (unpaired) electrons. The van der Waals surface area contributed by atoms with Crippen LogP contribution in [0, 0.1) is 6.92 Å². The van der Waals surface area contributed by atoms with Crippen molar-refractivity contribution in [1.29, 1.82) is 0 Å². The number of benzene rings is 1. The summed E-state index contributed by atoms with van der Waals surface area (Å²) in [6.07, 6.45) is 0. The van der Waals surface area contributed by atoms with E-state index in [1.807, 2.05) is 19.2 Å². The number of thiophene rings is 1. The van der Waals surface area contributed by atoms with E-state index in [-0.39, 0.29) is 6.04 Å². The first kappa shape index (κ1) is 14.4. The van der Waals surface area contributed by atoms with Gasteiger partial charge in [-0.05, 0) is 59.7 Å². The van der Waals surface area contributed by atoms with E-state index < -0.39 is 0 Å². The van der Waals surface area contributed by atoms with Crippen LogP contribution in [0.3, 0.4) is 0 Å². The summed E-state index contributed by atoms with van der Waals surface area (Å²) >= 11 is 17.4. The lowest BCUT2D eigenvalue weighted by atomic mass is 10.1. The summed E-state index contributed by atoms with van der Waals surface area (Å²) < 4.78 is 1.14. The van der Waals surface area contributed by atoms with Crippen molar-refractivity contribution in [2.24, 2.45) is 0 Å². The summed E-state index contributed by atoms with van der Waals surface area (Å²) in [6, 6.07) is 7.87. The van der Waals surface area contributed by atoms with Crippen molar-refractivity contribution in [2.75, 3.05) is 7.05 Å². The van der Waals surface area contributed by atoms with Gasteiger partial charge in [-0.3, -0.25) is 0 Å². The normalized spacial score (nSPS) is 12.7. The lowest BCUT2D eigenvalue weighted by Crippen LogP contribution is -2.16. The fourth-order valence-electron chi connectivity index (χ4n) is 1.84. The molecule has 18 heavy (non-hydrogen) atoms. The van der Waals surface area contributed by atoms with Crippen LogP contribution in [0.1, 0.15) is 21.4 Å². The summed E-state index contributed by atoms with van der Waals surface area (Å²) in [5.74, 6) is 0. The highest BCUT2D eigenvalue weighted by Gasteiger charge is 2.16. The van der Waals surface area contributed by atoms with E-state index in [2.05, 4.69) is 34.2 Å². The van der Waals surface area contributed by atoms with Crippen LogP contribution in [-0.2, 0) is 0 Å². The topological polar surface area (TPSA) is 12.0 Å². The standard InChI is InChI=1S/C13H12BrCl2NS/c1-7-11(14)6-12(18-7)13(17-2)8-3-9(15)5-10(16)4-8/h3-6,13,17H,1-2H3. The Morgan fingerprint density at radius 3 is 2.22 bits per heavy atom. The van der Waals surface area contributed by atoms with Crippen molar-refractivity contribution in [1.82, 2.24) is 5.32 Å². The van der Waals surface area contributed by atoms with Crippen LogP contribution < -0.4 is 5.32 Å². The fraction of sp³-hybridized carbons (Fsp3) is 0.231. The maximum atomic E-state index is 6.06. The highest BCUT2D eigenvalue weighted by molar-refractivity contribution is 9.10. The molecule has 1 aromatic heterocycles. The van der Waals surface area contributed by atoms with E-state index in [1.54, 1.807) is 17.4 Å². The fourth-order valence-corrected chi connectivity index (χ4v) is 4.08. The first-order chi connectivity index (χ1) is 8.51. The van der Waals surface area contributed by atoms with Crippen molar-refractivity contribution in [3.05, 3.63) is 54.1 Å². The van der Waals surface area contributed by atoms with E-state index >= 15 is 0 Å². The van der Waals surface area contributed by atoms with Gasteiger partial charge in [0, 0.05) is 24.3 Å². The van der Waals surface area contributed by atoms with Crippen LogP contribution in [0.2, 0.25) is 10.0 Å². The number of hydrogen-bond donors (Lipinski definition) is 1. The number of hydrogen-bond acceptors (Lipinski definition) is 2. The third-order valence-corrected chi connectivity index (χ3v) is 5.31. The Kier molecular flexibility index (Phi) is 4.73. The molecule has 1 atom stereocenters. The molecule has 0 saturated carbocycles. The molecule has 1 aromatic carbocycles. The van der Waals surface area contributed by atoms with E-state index in [0.717, 1.165) is 10.0 Å². The monoisotopic (exact) mass is 363 g/mol. The van der Waals surface area contributed by atoms with Crippen LogP contribution in [0.15, 0.2) is 28.7 Å². The van der Waals surface area contributed by atoms with E-state index in [9.17, 15) is 0 Å². The Labute approximate surface area is 129 Å². The summed E-state index contributed by atoms with van der Waals surface area (Å²) in [5, 5.41) is 4.62. The van der Waals surface area contributed by atoms with Gasteiger partial charge < -0.3 is 5.32 Å². The zero-order valence-corrected chi connectivity index (χ0v) is 13.8. The largest absolute Gasteiger partial charge is 0.309 e. The predicted molar refractivity (Wildman–Crippen MR) is 84.1 cm³/mol. The Morgan fingerprint density at radius 2 is 1.78 bits per heavy atom. The number of aryl methyl sites for hydroxylation is 1. The number of nitrogens with one attached hydrogen (secondary N) is 1. The second kappa shape index (κ2) is 5.93. The molecule has 0 saturated heterocycles. The van der Waals surface area contributed by atoms with Gasteiger partial charge in [-0.25, -0.2) is 0 Å². The highest BCUT2D eigenvalue weighted by atomic mass is 79.9. The third-order valence-electron chi connectivity index (χ3n) is 2.67. The Bertz CT molecular complexity index is 528. The quantitative estimate of drug-likeness (QED) is 0.765. The molecule has 2 rings (SSSR count). The van der Waals surface area contributed by atoms with Crippen molar-refractivity contribution in [3.63, 3.8) is 0 Å². The minimum Gasteiger partial charge on any atom is -0.309 e. The van der Waals surface area contributed by atoms with Gasteiger partial charge in [-0.15, -0.1) is 11.3 Å². The SMILES string of the molecule is CNC(c1cc(Cl)cc(Cl)c1)c1cc(Br)c(C)s1. The number of rotatable bonds is 3. The van der Waals surface area contributed by atoms with Gasteiger partial charge in [0.2, 0.25) is 0 Å². The predicted octanol–water partition coefficient (Wildman–Crippen LogP) is 5.43. The first-order valence-electron chi connectivity index (χ1n) is 5.40. The molecule has 0 aliphatic rings. The Hall–Kier alpha value is -0.0600. The van der Waals surface area contributed by atoms with Gasteiger partial charge in [0.15, 0.2) is 0 Å². The second-order valence-electron chi connectivity index (χ2n) is 3.98. The van der Waals surface area contributed by atoms with Crippen LogP contribution in [0.4, 0.5) is 0 Å². The Balaban J connectivity index is 2.44. The molecular weight excluding hydrogens is 353 g/mol. The molecule has 1 heterocycles. The van der Waals surface area contributed by atoms with Crippen molar-refractivity contribution in [2.45, 2.75) is 13.0 Å². The van der Waals surface area contributed by atoms with Gasteiger partial charge in [0.05, 0.1) is 6.04 Å². The van der Waals surface area contributed by atoms with E-state index in [4.69, 9.17) is 23.2 Å². The average molecular weight is 365 g/mol. The lowest BCUT2D eigenvalue weighted by molar-refractivity contribution is 0.704.